The molecular weight excluding hydrogens is 448 g/mol. The predicted octanol–water partition coefficient (Wildman–Crippen LogP) is 4.92. The summed E-state index contributed by atoms with van der Waals surface area (Å²) in [5.74, 6) is 1.64. The summed E-state index contributed by atoms with van der Waals surface area (Å²) in [6, 6.07) is 16.6. The summed E-state index contributed by atoms with van der Waals surface area (Å²) in [5, 5.41) is 8.58. The maximum atomic E-state index is 13.2. The molecule has 0 radical (unpaired) electrons. The zero-order valence-corrected chi connectivity index (χ0v) is 20.2. The van der Waals surface area contributed by atoms with Crippen LogP contribution < -0.4 is 10.1 Å². The summed E-state index contributed by atoms with van der Waals surface area (Å²) in [5.41, 5.74) is 3.16. The average molecular weight is 475 g/mol. The van der Waals surface area contributed by atoms with Crippen molar-refractivity contribution in [3.63, 3.8) is 0 Å². The molecule has 0 amide bonds. The first-order valence-electron chi connectivity index (χ1n) is 11.2. The highest BCUT2D eigenvalue weighted by atomic mass is 32.2. The summed E-state index contributed by atoms with van der Waals surface area (Å²) in [4.78, 5) is 30.6. The highest BCUT2D eigenvalue weighted by molar-refractivity contribution is 7.99. The molecule has 174 valence electrons. The normalized spacial score (nSPS) is 18.7. The van der Waals surface area contributed by atoms with Gasteiger partial charge in [0.15, 0.2) is 11.6 Å². The highest BCUT2D eigenvalue weighted by Crippen LogP contribution is 2.45. The van der Waals surface area contributed by atoms with E-state index >= 15 is 0 Å². The number of anilines is 1. The van der Waals surface area contributed by atoms with E-state index in [4.69, 9.17) is 9.84 Å². The number of allylic oxidation sites excluding steroid dienone is 2. The van der Waals surface area contributed by atoms with E-state index in [-0.39, 0.29) is 28.8 Å². The van der Waals surface area contributed by atoms with Gasteiger partial charge >= 0.3 is 0 Å². The van der Waals surface area contributed by atoms with Gasteiger partial charge in [-0.25, -0.2) is 4.68 Å². The van der Waals surface area contributed by atoms with Gasteiger partial charge in [0.1, 0.15) is 11.8 Å². The molecule has 1 aromatic heterocycles. The maximum absolute atomic E-state index is 13.2. The molecular formula is C26H26N4O3S. The summed E-state index contributed by atoms with van der Waals surface area (Å²) < 4.78 is 6.94. The lowest BCUT2D eigenvalue weighted by Gasteiger charge is -2.38. The van der Waals surface area contributed by atoms with Crippen LogP contribution in [-0.2, 0) is 4.79 Å². The first-order valence-corrected chi connectivity index (χ1v) is 12.2. The van der Waals surface area contributed by atoms with E-state index in [2.05, 4.69) is 24.1 Å². The number of ketones is 2. The molecule has 8 heteroatoms. The fourth-order valence-corrected chi connectivity index (χ4v) is 5.31. The molecule has 0 spiro atoms. The first kappa shape index (κ1) is 22.4. The Labute approximate surface area is 202 Å². The Kier molecular flexibility index (Phi) is 5.77. The van der Waals surface area contributed by atoms with Crippen LogP contribution in [0.25, 0.3) is 0 Å². The van der Waals surface area contributed by atoms with Gasteiger partial charge < -0.3 is 10.1 Å². The van der Waals surface area contributed by atoms with Gasteiger partial charge in [0.2, 0.25) is 11.1 Å². The summed E-state index contributed by atoms with van der Waals surface area (Å²) in [7, 11) is 1.59. The van der Waals surface area contributed by atoms with Gasteiger partial charge in [0.05, 0.1) is 12.9 Å². The van der Waals surface area contributed by atoms with Crippen LogP contribution in [0.15, 0.2) is 71.0 Å². The second-order valence-corrected chi connectivity index (χ2v) is 10.3. The number of Topliss-reactive ketones (excluding diaryl/α,β-unsaturated/α-hetero) is 2. The minimum atomic E-state index is -0.338. The van der Waals surface area contributed by atoms with E-state index in [0.717, 1.165) is 23.3 Å². The molecule has 3 aromatic rings. The van der Waals surface area contributed by atoms with Crippen molar-refractivity contribution in [3.8, 4) is 5.75 Å². The number of nitrogens with zero attached hydrogens (tertiary/aromatic N) is 3. The fraction of sp³-hybridized carbons (Fsp3) is 0.308. The van der Waals surface area contributed by atoms with Gasteiger partial charge in [0, 0.05) is 23.3 Å². The van der Waals surface area contributed by atoms with Crippen LogP contribution in [0.4, 0.5) is 5.95 Å². The minimum Gasteiger partial charge on any atom is -0.497 e. The van der Waals surface area contributed by atoms with Gasteiger partial charge in [-0.05, 0) is 41.7 Å². The quantitative estimate of drug-likeness (QED) is 0.401. The van der Waals surface area contributed by atoms with E-state index < -0.39 is 0 Å². The summed E-state index contributed by atoms with van der Waals surface area (Å²) in [6.45, 7) is 4.22. The third kappa shape index (κ3) is 4.25. The SMILES string of the molecule is COc1ccc(C(=O)CSc2nc3n(n2)[C@@H](c2ccccc2)C2=C(CC(C)(C)CC2=O)N3)cc1. The summed E-state index contributed by atoms with van der Waals surface area (Å²) >= 11 is 1.29. The number of hydrogen-bond donors (Lipinski definition) is 1. The predicted molar refractivity (Wildman–Crippen MR) is 131 cm³/mol. The van der Waals surface area contributed by atoms with Crippen LogP contribution >= 0.6 is 11.8 Å². The van der Waals surface area contributed by atoms with Gasteiger partial charge in [-0.1, -0.05) is 55.9 Å². The molecule has 2 aromatic carbocycles. The Bertz CT molecular complexity index is 1280. The van der Waals surface area contributed by atoms with Crippen molar-refractivity contribution in [1.29, 1.82) is 0 Å². The number of thioether (sulfide) groups is 1. The third-order valence-electron chi connectivity index (χ3n) is 6.17. The van der Waals surface area contributed by atoms with E-state index in [0.29, 0.717) is 28.8 Å². The van der Waals surface area contributed by atoms with Crippen molar-refractivity contribution < 1.29 is 14.3 Å². The van der Waals surface area contributed by atoms with Gasteiger partial charge in [-0.3, -0.25) is 9.59 Å². The molecule has 1 N–H and O–H groups in total. The number of benzene rings is 2. The van der Waals surface area contributed by atoms with E-state index in [9.17, 15) is 9.59 Å². The zero-order valence-electron chi connectivity index (χ0n) is 19.4. The molecule has 0 saturated heterocycles. The van der Waals surface area contributed by atoms with Crippen LogP contribution in [0.3, 0.4) is 0 Å². The number of hydrogen-bond acceptors (Lipinski definition) is 7. The van der Waals surface area contributed by atoms with Crippen LogP contribution in [0.5, 0.6) is 5.75 Å². The molecule has 34 heavy (non-hydrogen) atoms. The van der Waals surface area contributed by atoms with E-state index in [1.54, 1.807) is 36.1 Å². The standard InChI is InChI=1S/C26H26N4O3S/c1-26(2)13-19-22(20(31)14-26)23(17-7-5-4-6-8-17)30-24(27-19)28-25(29-30)34-15-21(32)16-9-11-18(33-3)12-10-16/h4-12,23H,13-15H2,1-3H3,(H,27,28,29)/t23-/m0/s1. The van der Waals surface area contributed by atoms with Gasteiger partial charge in [0.25, 0.3) is 0 Å². The Balaban J connectivity index is 1.43. The first-order chi connectivity index (χ1) is 16.3. The molecule has 0 fully saturated rings. The third-order valence-corrected chi connectivity index (χ3v) is 7.01. The molecule has 1 aliphatic carbocycles. The molecule has 1 atom stereocenters. The Morgan fingerprint density at radius 2 is 1.88 bits per heavy atom. The number of methoxy groups -OCH3 is 1. The van der Waals surface area contributed by atoms with Crippen LogP contribution in [0.2, 0.25) is 0 Å². The Morgan fingerprint density at radius 1 is 1.15 bits per heavy atom. The van der Waals surface area contributed by atoms with Crippen molar-refractivity contribution in [2.24, 2.45) is 5.41 Å². The largest absolute Gasteiger partial charge is 0.497 e. The Hall–Kier alpha value is -3.39. The lowest BCUT2D eigenvalue weighted by atomic mass is 9.73. The minimum absolute atomic E-state index is 0.0117. The molecule has 7 nitrogen and oxygen atoms in total. The lowest BCUT2D eigenvalue weighted by molar-refractivity contribution is -0.118. The van der Waals surface area contributed by atoms with Crippen LogP contribution in [-0.4, -0.2) is 39.2 Å². The van der Waals surface area contributed by atoms with Crippen molar-refractivity contribution in [1.82, 2.24) is 14.8 Å². The van der Waals surface area contributed by atoms with Crippen LogP contribution in [0.1, 0.15) is 48.7 Å². The number of ether oxygens (including phenoxy) is 1. The fourth-order valence-electron chi connectivity index (χ4n) is 4.58. The number of rotatable bonds is 6. The van der Waals surface area contributed by atoms with Gasteiger partial charge in [-0.15, -0.1) is 5.10 Å². The topological polar surface area (TPSA) is 86.1 Å². The molecule has 0 bridgehead atoms. The molecule has 2 aliphatic rings. The molecule has 2 heterocycles. The molecule has 5 rings (SSSR count). The number of carbonyl (C=O) groups is 2. The molecule has 0 saturated carbocycles. The lowest BCUT2D eigenvalue weighted by Crippen LogP contribution is -2.36. The highest BCUT2D eigenvalue weighted by Gasteiger charge is 2.41. The zero-order chi connectivity index (χ0) is 23.9. The van der Waals surface area contributed by atoms with Crippen LogP contribution in [0, 0.1) is 5.41 Å². The number of aromatic nitrogens is 3. The van der Waals surface area contributed by atoms with E-state index in [1.807, 2.05) is 30.3 Å². The number of fused-ring (bicyclic) bond motifs is 1. The van der Waals surface area contributed by atoms with Gasteiger partial charge in [-0.2, -0.15) is 4.98 Å². The van der Waals surface area contributed by atoms with Crippen molar-refractivity contribution in [2.45, 2.75) is 37.9 Å². The monoisotopic (exact) mass is 474 g/mol. The van der Waals surface area contributed by atoms with E-state index in [1.165, 1.54) is 11.8 Å². The Morgan fingerprint density at radius 3 is 2.59 bits per heavy atom. The molecule has 0 unspecified atom stereocenters. The molecule has 1 aliphatic heterocycles. The number of carbonyl (C=O) groups excluding carboxylic acids is 2. The average Bonchev–Trinajstić information content (AvgIpc) is 3.23. The maximum Gasteiger partial charge on any atom is 0.227 e. The van der Waals surface area contributed by atoms with Crippen molar-refractivity contribution in [3.05, 3.63) is 77.0 Å². The summed E-state index contributed by atoms with van der Waals surface area (Å²) in [6.07, 6.45) is 1.27. The smallest absolute Gasteiger partial charge is 0.227 e. The second-order valence-electron chi connectivity index (χ2n) is 9.37. The number of nitrogens with one attached hydrogen (secondary N) is 1. The van der Waals surface area contributed by atoms with Crippen molar-refractivity contribution >= 4 is 29.3 Å². The van der Waals surface area contributed by atoms with Crippen molar-refractivity contribution in [2.75, 3.05) is 18.2 Å². The second kappa shape index (κ2) is 8.76.